The monoisotopic (exact) mass is 299 g/mol. The number of ketones is 1. The van der Waals surface area contributed by atoms with Gasteiger partial charge in [0.2, 0.25) is 0 Å². The zero-order chi connectivity index (χ0) is 15.4. The van der Waals surface area contributed by atoms with Gasteiger partial charge in [-0.2, -0.15) is 0 Å². The lowest BCUT2D eigenvalue weighted by Crippen LogP contribution is -2.24. The van der Waals surface area contributed by atoms with Crippen molar-refractivity contribution in [2.45, 2.75) is 38.7 Å². The summed E-state index contributed by atoms with van der Waals surface area (Å²) < 4.78 is 11.0. The SMILES string of the molecule is CC1CC(=O)c2c(cc(N=O)c3c4c(c(=O)oc23)CCC4)O1. The van der Waals surface area contributed by atoms with Crippen LogP contribution in [0.1, 0.15) is 41.3 Å². The Bertz CT molecular complexity index is 896. The third kappa shape index (κ3) is 1.66. The molecule has 112 valence electrons. The van der Waals surface area contributed by atoms with Gasteiger partial charge in [0, 0.05) is 18.1 Å². The van der Waals surface area contributed by atoms with Crippen molar-refractivity contribution in [3.63, 3.8) is 0 Å². The molecule has 1 aliphatic heterocycles. The molecule has 1 unspecified atom stereocenters. The van der Waals surface area contributed by atoms with E-state index in [1.807, 2.05) is 0 Å². The van der Waals surface area contributed by atoms with Crippen molar-refractivity contribution in [1.29, 1.82) is 0 Å². The van der Waals surface area contributed by atoms with Crippen LogP contribution in [0.4, 0.5) is 5.69 Å². The molecular formula is C16H13NO5. The van der Waals surface area contributed by atoms with Crippen molar-refractivity contribution >= 4 is 22.4 Å². The van der Waals surface area contributed by atoms with E-state index in [-0.39, 0.29) is 40.9 Å². The third-order valence-electron chi connectivity index (χ3n) is 4.36. The van der Waals surface area contributed by atoms with E-state index in [0.717, 1.165) is 12.0 Å². The smallest absolute Gasteiger partial charge is 0.339 e. The number of hydrogen-bond donors (Lipinski definition) is 0. The maximum absolute atomic E-state index is 12.4. The first kappa shape index (κ1) is 13.2. The molecule has 1 atom stereocenters. The van der Waals surface area contributed by atoms with Gasteiger partial charge in [-0.3, -0.25) is 4.79 Å². The third-order valence-corrected chi connectivity index (χ3v) is 4.36. The predicted molar refractivity (Wildman–Crippen MR) is 79.0 cm³/mol. The normalized spacial score (nSPS) is 19.7. The van der Waals surface area contributed by atoms with E-state index in [1.54, 1.807) is 6.92 Å². The molecule has 0 bridgehead atoms. The molecule has 0 spiro atoms. The summed E-state index contributed by atoms with van der Waals surface area (Å²) in [4.78, 5) is 35.8. The Morgan fingerprint density at radius 1 is 1.23 bits per heavy atom. The molecule has 2 aliphatic rings. The van der Waals surface area contributed by atoms with Crippen LogP contribution in [-0.4, -0.2) is 11.9 Å². The molecule has 1 aliphatic carbocycles. The van der Waals surface area contributed by atoms with Crippen molar-refractivity contribution in [3.05, 3.63) is 38.1 Å². The van der Waals surface area contributed by atoms with Gasteiger partial charge >= 0.3 is 5.63 Å². The molecule has 6 heteroatoms. The molecule has 0 saturated heterocycles. The van der Waals surface area contributed by atoms with E-state index in [1.165, 1.54) is 6.07 Å². The van der Waals surface area contributed by atoms with Crippen LogP contribution in [0.3, 0.4) is 0 Å². The Morgan fingerprint density at radius 2 is 2.00 bits per heavy atom. The lowest BCUT2D eigenvalue weighted by molar-refractivity contribution is 0.0872. The van der Waals surface area contributed by atoms with Gasteiger partial charge in [0.1, 0.15) is 23.1 Å². The molecule has 6 nitrogen and oxygen atoms in total. The zero-order valence-corrected chi connectivity index (χ0v) is 12.0. The average molecular weight is 299 g/mol. The van der Waals surface area contributed by atoms with Gasteiger partial charge in [-0.1, -0.05) is 0 Å². The fourth-order valence-electron chi connectivity index (χ4n) is 3.47. The summed E-state index contributed by atoms with van der Waals surface area (Å²) in [5.41, 5.74) is 1.51. The molecule has 0 fully saturated rings. The lowest BCUT2D eigenvalue weighted by Gasteiger charge is -2.23. The Labute approximate surface area is 125 Å². The number of ether oxygens (including phenoxy) is 1. The van der Waals surface area contributed by atoms with Gasteiger partial charge in [-0.15, -0.1) is 4.91 Å². The largest absolute Gasteiger partial charge is 0.489 e. The standard InChI is InChI=1S/C16H13NO5/c1-7-5-11(18)14-12(21-7)6-10(17-20)13-8-3-2-4-9(8)16(19)22-15(13)14/h6-7H,2-5H2,1H3. The molecule has 1 aromatic heterocycles. The van der Waals surface area contributed by atoms with Gasteiger partial charge in [0.05, 0.1) is 5.39 Å². The molecule has 0 amide bonds. The van der Waals surface area contributed by atoms with Gasteiger partial charge in [0.15, 0.2) is 11.4 Å². The van der Waals surface area contributed by atoms with Crippen LogP contribution in [0.25, 0.3) is 11.0 Å². The number of rotatable bonds is 1. The Hall–Kier alpha value is -2.50. The fraction of sp³-hybridized carbons (Fsp3) is 0.375. The number of benzene rings is 1. The molecule has 4 rings (SSSR count). The summed E-state index contributed by atoms with van der Waals surface area (Å²) >= 11 is 0. The molecular weight excluding hydrogens is 286 g/mol. The first-order valence-corrected chi connectivity index (χ1v) is 7.29. The molecule has 0 N–H and O–H groups in total. The van der Waals surface area contributed by atoms with E-state index in [2.05, 4.69) is 5.18 Å². The average Bonchev–Trinajstić information content (AvgIpc) is 2.95. The summed E-state index contributed by atoms with van der Waals surface area (Å²) in [6.45, 7) is 1.78. The highest BCUT2D eigenvalue weighted by molar-refractivity contribution is 6.12. The topological polar surface area (TPSA) is 85.9 Å². The molecule has 0 saturated carbocycles. The molecule has 2 heterocycles. The van der Waals surface area contributed by atoms with Gasteiger partial charge in [-0.25, -0.2) is 4.79 Å². The summed E-state index contributed by atoms with van der Waals surface area (Å²) in [5, 5.41) is 3.55. The number of nitroso groups, excluding NO2 is 1. The van der Waals surface area contributed by atoms with Gasteiger partial charge in [-0.05, 0) is 36.9 Å². The first-order valence-electron chi connectivity index (χ1n) is 7.29. The van der Waals surface area contributed by atoms with E-state index in [9.17, 15) is 14.5 Å². The van der Waals surface area contributed by atoms with Gasteiger partial charge in [0.25, 0.3) is 0 Å². The minimum absolute atomic E-state index is 0.141. The molecule has 0 radical (unpaired) electrons. The van der Waals surface area contributed by atoms with Crippen LogP contribution in [0, 0.1) is 4.91 Å². The fourth-order valence-corrected chi connectivity index (χ4v) is 3.47. The summed E-state index contributed by atoms with van der Waals surface area (Å²) in [6.07, 6.45) is 2.08. The highest BCUT2D eigenvalue weighted by atomic mass is 16.5. The van der Waals surface area contributed by atoms with E-state index < -0.39 is 5.63 Å². The quantitative estimate of drug-likeness (QED) is 0.596. The second kappa shape index (κ2) is 4.50. The summed E-state index contributed by atoms with van der Waals surface area (Å²) in [7, 11) is 0. The molecule has 1 aromatic carbocycles. The van der Waals surface area contributed by atoms with Crippen molar-refractivity contribution in [2.24, 2.45) is 5.18 Å². The van der Waals surface area contributed by atoms with E-state index in [0.29, 0.717) is 23.8 Å². The maximum Gasteiger partial charge on any atom is 0.339 e. The van der Waals surface area contributed by atoms with Crippen LogP contribution < -0.4 is 10.4 Å². The van der Waals surface area contributed by atoms with E-state index >= 15 is 0 Å². The van der Waals surface area contributed by atoms with Crippen LogP contribution in [0.2, 0.25) is 0 Å². The van der Waals surface area contributed by atoms with Crippen molar-refractivity contribution in [2.75, 3.05) is 0 Å². The number of nitrogens with zero attached hydrogens (tertiary/aromatic N) is 1. The number of carbonyl (C=O) groups excluding carboxylic acids is 1. The van der Waals surface area contributed by atoms with Crippen molar-refractivity contribution in [3.8, 4) is 5.75 Å². The number of aryl methyl sites for hydroxylation is 1. The number of hydrogen-bond acceptors (Lipinski definition) is 6. The highest BCUT2D eigenvalue weighted by Gasteiger charge is 2.32. The lowest BCUT2D eigenvalue weighted by atomic mass is 9.95. The first-order chi connectivity index (χ1) is 10.6. The molecule has 2 aromatic rings. The minimum Gasteiger partial charge on any atom is -0.489 e. The maximum atomic E-state index is 12.4. The Morgan fingerprint density at radius 3 is 2.77 bits per heavy atom. The summed E-state index contributed by atoms with van der Waals surface area (Å²) in [5.74, 6) is 0.129. The van der Waals surface area contributed by atoms with Crippen LogP contribution in [0.15, 0.2) is 20.5 Å². The Balaban J connectivity index is 2.19. The summed E-state index contributed by atoms with van der Waals surface area (Å²) in [6, 6.07) is 1.48. The highest BCUT2D eigenvalue weighted by Crippen LogP contribution is 2.42. The zero-order valence-electron chi connectivity index (χ0n) is 12.0. The van der Waals surface area contributed by atoms with Gasteiger partial charge < -0.3 is 9.15 Å². The molecule has 22 heavy (non-hydrogen) atoms. The van der Waals surface area contributed by atoms with Crippen LogP contribution in [0.5, 0.6) is 5.75 Å². The number of Topliss-reactive ketones (excluding diaryl/α,β-unsaturated/α-hetero) is 1. The minimum atomic E-state index is -0.434. The predicted octanol–water partition coefficient (Wildman–Crippen LogP) is 3.03. The van der Waals surface area contributed by atoms with Crippen LogP contribution in [-0.2, 0) is 12.8 Å². The van der Waals surface area contributed by atoms with E-state index in [4.69, 9.17) is 9.15 Å². The van der Waals surface area contributed by atoms with Crippen LogP contribution >= 0.6 is 0 Å². The van der Waals surface area contributed by atoms with Crippen molar-refractivity contribution in [1.82, 2.24) is 0 Å². The Kier molecular flexibility index (Phi) is 2.69. The second-order valence-electron chi connectivity index (χ2n) is 5.82. The second-order valence-corrected chi connectivity index (χ2v) is 5.82. The van der Waals surface area contributed by atoms with Crippen molar-refractivity contribution < 1.29 is 13.9 Å². The number of fused-ring (bicyclic) bond motifs is 5. The number of carbonyl (C=O) groups is 1.